The molecule has 1 aromatic carbocycles. The normalized spacial score (nSPS) is 10.6. The molecule has 0 radical (unpaired) electrons. The van der Waals surface area contributed by atoms with Crippen LogP contribution in [0.5, 0.6) is 0 Å². The maximum absolute atomic E-state index is 12.0. The number of hydrogen-bond acceptors (Lipinski definition) is 3. The first kappa shape index (κ1) is 14.7. The van der Waals surface area contributed by atoms with Crippen molar-refractivity contribution < 1.29 is 4.79 Å². The first-order valence-corrected chi connectivity index (χ1v) is 6.68. The monoisotopic (exact) mass is 312 g/mol. The summed E-state index contributed by atoms with van der Waals surface area (Å²) in [6.45, 7) is 3.69. The summed E-state index contributed by atoms with van der Waals surface area (Å²) < 4.78 is 1.56. The van der Waals surface area contributed by atoms with Crippen LogP contribution in [-0.2, 0) is 11.3 Å². The van der Waals surface area contributed by atoms with E-state index in [1.165, 1.54) is 0 Å². The fraction of sp³-hybridized carbons (Fsp3) is 0.231. The lowest BCUT2D eigenvalue weighted by molar-refractivity contribution is -0.116. The Kier molecular flexibility index (Phi) is 4.20. The molecular weight excluding hydrogens is 299 g/mol. The van der Waals surface area contributed by atoms with Crippen molar-refractivity contribution in [2.75, 3.05) is 11.1 Å². The van der Waals surface area contributed by atoms with Gasteiger partial charge >= 0.3 is 0 Å². The number of halogens is 2. The van der Waals surface area contributed by atoms with Gasteiger partial charge in [-0.2, -0.15) is 5.10 Å². The highest BCUT2D eigenvalue weighted by Crippen LogP contribution is 2.22. The second-order valence-corrected chi connectivity index (χ2v) is 5.32. The number of aryl methyl sites for hydroxylation is 1. The molecule has 0 saturated carbocycles. The second kappa shape index (κ2) is 5.73. The summed E-state index contributed by atoms with van der Waals surface area (Å²) in [5, 5.41) is 7.85. The molecule has 0 unspecified atom stereocenters. The third-order valence-corrected chi connectivity index (χ3v) is 3.31. The summed E-state index contributed by atoms with van der Waals surface area (Å²) in [5.74, 6) is -0.228. The number of benzene rings is 1. The van der Waals surface area contributed by atoms with Crippen molar-refractivity contribution >= 4 is 40.5 Å². The second-order valence-electron chi connectivity index (χ2n) is 4.45. The number of carbonyl (C=O) groups excluding carboxylic acids is 1. The molecule has 7 heteroatoms. The van der Waals surface area contributed by atoms with Crippen LogP contribution in [0.4, 0.5) is 11.4 Å². The molecule has 0 aliphatic heterocycles. The SMILES string of the molecule is Cc1nn(CC(=O)Nc2cc(Cl)cc(Cl)c2)c(C)c1N. The molecule has 1 heterocycles. The van der Waals surface area contributed by atoms with Crippen LogP contribution >= 0.6 is 23.2 Å². The van der Waals surface area contributed by atoms with Crippen LogP contribution in [0, 0.1) is 13.8 Å². The fourth-order valence-electron chi connectivity index (χ4n) is 1.83. The number of nitrogens with one attached hydrogen (secondary N) is 1. The molecule has 5 nitrogen and oxygen atoms in total. The Morgan fingerprint density at radius 1 is 1.30 bits per heavy atom. The van der Waals surface area contributed by atoms with Crippen molar-refractivity contribution in [1.82, 2.24) is 9.78 Å². The Hall–Kier alpha value is -1.72. The van der Waals surface area contributed by atoms with Gasteiger partial charge in [0, 0.05) is 15.7 Å². The topological polar surface area (TPSA) is 72.9 Å². The highest BCUT2D eigenvalue weighted by Gasteiger charge is 2.12. The minimum absolute atomic E-state index is 0.0774. The predicted molar refractivity (Wildman–Crippen MR) is 81.2 cm³/mol. The number of carbonyl (C=O) groups is 1. The minimum atomic E-state index is -0.228. The van der Waals surface area contributed by atoms with Gasteiger partial charge < -0.3 is 11.1 Å². The average Bonchev–Trinajstić information content (AvgIpc) is 2.55. The van der Waals surface area contributed by atoms with E-state index in [-0.39, 0.29) is 12.5 Å². The number of amides is 1. The van der Waals surface area contributed by atoms with Gasteiger partial charge in [-0.05, 0) is 32.0 Å². The van der Waals surface area contributed by atoms with Crippen LogP contribution in [0.2, 0.25) is 10.0 Å². The third kappa shape index (κ3) is 3.23. The lowest BCUT2D eigenvalue weighted by Crippen LogP contribution is -2.20. The molecule has 1 amide bonds. The molecule has 0 aliphatic rings. The van der Waals surface area contributed by atoms with Gasteiger partial charge in [-0.3, -0.25) is 9.48 Å². The number of nitrogens with two attached hydrogens (primary N) is 1. The third-order valence-electron chi connectivity index (χ3n) is 2.88. The van der Waals surface area contributed by atoms with Gasteiger partial charge in [0.1, 0.15) is 6.54 Å². The van der Waals surface area contributed by atoms with E-state index >= 15 is 0 Å². The lowest BCUT2D eigenvalue weighted by Gasteiger charge is -2.07. The first-order valence-electron chi connectivity index (χ1n) is 5.92. The molecule has 3 N–H and O–H groups in total. The van der Waals surface area contributed by atoms with Crippen molar-refractivity contribution in [3.05, 3.63) is 39.6 Å². The summed E-state index contributed by atoms with van der Waals surface area (Å²) in [7, 11) is 0. The van der Waals surface area contributed by atoms with E-state index in [9.17, 15) is 4.79 Å². The summed E-state index contributed by atoms with van der Waals surface area (Å²) in [6, 6.07) is 4.85. The standard InChI is InChI=1S/C13H14Cl2N4O/c1-7-13(16)8(2)19(18-7)6-12(20)17-11-4-9(14)3-10(15)5-11/h3-5H,6,16H2,1-2H3,(H,17,20). The van der Waals surface area contributed by atoms with Gasteiger partial charge in [0.15, 0.2) is 0 Å². The molecule has 1 aromatic heterocycles. The average molecular weight is 313 g/mol. The Morgan fingerprint density at radius 3 is 2.40 bits per heavy atom. The quantitative estimate of drug-likeness (QED) is 0.915. The molecule has 2 rings (SSSR count). The Bertz CT molecular complexity index is 646. The van der Waals surface area contributed by atoms with Crippen LogP contribution < -0.4 is 11.1 Å². The lowest BCUT2D eigenvalue weighted by atomic mass is 10.3. The van der Waals surface area contributed by atoms with Crippen molar-refractivity contribution in [3.8, 4) is 0 Å². The number of nitrogens with zero attached hydrogens (tertiary/aromatic N) is 2. The van der Waals surface area contributed by atoms with Gasteiger partial charge in [-0.1, -0.05) is 23.2 Å². The van der Waals surface area contributed by atoms with Gasteiger partial charge in [0.25, 0.3) is 0 Å². The zero-order chi connectivity index (χ0) is 14.9. The molecule has 0 bridgehead atoms. The molecule has 106 valence electrons. The number of rotatable bonds is 3. The van der Waals surface area contributed by atoms with Crippen LogP contribution in [0.15, 0.2) is 18.2 Å². The Morgan fingerprint density at radius 2 is 1.90 bits per heavy atom. The Balaban J connectivity index is 2.11. The number of aromatic nitrogens is 2. The highest BCUT2D eigenvalue weighted by atomic mass is 35.5. The van der Waals surface area contributed by atoms with Crippen molar-refractivity contribution in [2.45, 2.75) is 20.4 Å². The van der Waals surface area contributed by atoms with E-state index in [2.05, 4.69) is 10.4 Å². The molecule has 0 aliphatic carbocycles. The van der Waals surface area contributed by atoms with Crippen molar-refractivity contribution in [1.29, 1.82) is 0 Å². The Labute approximate surface area is 126 Å². The van der Waals surface area contributed by atoms with Crippen LogP contribution in [0.25, 0.3) is 0 Å². The number of nitrogen functional groups attached to an aromatic ring is 1. The highest BCUT2D eigenvalue weighted by molar-refractivity contribution is 6.35. The van der Waals surface area contributed by atoms with Gasteiger partial charge in [-0.15, -0.1) is 0 Å². The maximum atomic E-state index is 12.0. The minimum Gasteiger partial charge on any atom is -0.396 e. The summed E-state index contributed by atoms with van der Waals surface area (Å²) in [6.07, 6.45) is 0. The number of anilines is 2. The van der Waals surface area contributed by atoms with Crippen molar-refractivity contribution in [3.63, 3.8) is 0 Å². The molecule has 0 atom stereocenters. The summed E-state index contributed by atoms with van der Waals surface area (Å²) in [4.78, 5) is 12.0. The van der Waals surface area contributed by atoms with E-state index in [1.54, 1.807) is 29.8 Å². The van der Waals surface area contributed by atoms with Crippen molar-refractivity contribution in [2.24, 2.45) is 0 Å². The van der Waals surface area contributed by atoms with E-state index in [0.29, 0.717) is 27.1 Å². The first-order chi connectivity index (χ1) is 9.36. The molecule has 20 heavy (non-hydrogen) atoms. The summed E-state index contributed by atoms with van der Waals surface area (Å²) in [5.41, 5.74) is 8.44. The van der Waals surface area contributed by atoms with Crippen LogP contribution in [-0.4, -0.2) is 15.7 Å². The summed E-state index contributed by atoms with van der Waals surface area (Å²) >= 11 is 11.7. The van der Waals surface area contributed by atoms with E-state index < -0.39 is 0 Å². The maximum Gasteiger partial charge on any atom is 0.246 e. The zero-order valence-electron chi connectivity index (χ0n) is 11.1. The predicted octanol–water partition coefficient (Wildman–Crippen LogP) is 3.03. The van der Waals surface area contributed by atoms with Gasteiger partial charge in [-0.25, -0.2) is 0 Å². The zero-order valence-corrected chi connectivity index (χ0v) is 12.6. The molecule has 0 saturated heterocycles. The van der Waals surface area contributed by atoms with E-state index in [0.717, 1.165) is 5.69 Å². The molecule has 2 aromatic rings. The smallest absolute Gasteiger partial charge is 0.246 e. The molecule has 0 fully saturated rings. The molecule has 0 spiro atoms. The van der Waals surface area contributed by atoms with E-state index in [4.69, 9.17) is 28.9 Å². The van der Waals surface area contributed by atoms with Gasteiger partial charge in [0.2, 0.25) is 5.91 Å². The van der Waals surface area contributed by atoms with Crippen LogP contribution in [0.1, 0.15) is 11.4 Å². The molecular formula is C13H14Cl2N4O. The van der Waals surface area contributed by atoms with Crippen LogP contribution in [0.3, 0.4) is 0 Å². The number of hydrogen-bond donors (Lipinski definition) is 2. The van der Waals surface area contributed by atoms with Gasteiger partial charge in [0.05, 0.1) is 17.1 Å². The fourth-order valence-corrected chi connectivity index (χ4v) is 2.35. The largest absolute Gasteiger partial charge is 0.396 e. The van der Waals surface area contributed by atoms with E-state index in [1.807, 2.05) is 6.92 Å².